The maximum Gasteiger partial charge on any atom is 0.254 e. The zero-order chi connectivity index (χ0) is 14.3. The second kappa shape index (κ2) is 4.31. The molecule has 0 fully saturated rings. The molecule has 0 saturated heterocycles. The largest absolute Gasteiger partial charge is 0.503 e. The molecule has 0 spiro atoms. The molecular weight excluding hydrogens is 256 g/mol. The molecule has 1 aliphatic rings. The van der Waals surface area contributed by atoms with Gasteiger partial charge in [-0.05, 0) is 17.7 Å². The first kappa shape index (κ1) is 12.1. The van der Waals surface area contributed by atoms with Crippen molar-refractivity contribution in [1.82, 2.24) is 14.9 Å². The van der Waals surface area contributed by atoms with Crippen LogP contribution in [0, 0.1) is 11.3 Å². The van der Waals surface area contributed by atoms with E-state index in [4.69, 9.17) is 5.26 Å². The molecule has 2 aromatic rings. The van der Waals surface area contributed by atoms with E-state index in [1.165, 1.54) is 6.33 Å². The summed E-state index contributed by atoms with van der Waals surface area (Å²) in [5, 5.41) is 18.8. The minimum Gasteiger partial charge on any atom is -0.503 e. The fourth-order valence-electron chi connectivity index (χ4n) is 2.29. The fraction of sp³-hybridized carbons (Fsp3) is 0.143. The normalized spacial score (nSPS) is 13.2. The van der Waals surface area contributed by atoms with E-state index < -0.39 is 0 Å². The Morgan fingerprint density at radius 2 is 2.20 bits per heavy atom. The minimum atomic E-state index is -0.243. The highest BCUT2D eigenvalue weighted by Crippen LogP contribution is 2.32. The van der Waals surface area contributed by atoms with Gasteiger partial charge < -0.3 is 10.0 Å². The third-order valence-electron chi connectivity index (χ3n) is 3.29. The van der Waals surface area contributed by atoms with E-state index in [1.807, 2.05) is 6.07 Å². The van der Waals surface area contributed by atoms with Crippen LogP contribution in [0.2, 0.25) is 0 Å². The molecule has 0 unspecified atom stereocenters. The van der Waals surface area contributed by atoms with E-state index in [0.717, 1.165) is 5.56 Å². The van der Waals surface area contributed by atoms with E-state index in [-0.39, 0.29) is 17.4 Å². The topological polar surface area (TPSA) is 90.1 Å². The smallest absolute Gasteiger partial charge is 0.254 e. The second-order valence-corrected chi connectivity index (χ2v) is 4.56. The molecule has 6 heteroatoms. The van der Waals surface area contributed by atoms with Gasteiger partial charge in [0.1, 0.15) is 18.1 Å². The highest BCUT2D eigenvalue weighted by Gasteiger charge is 2.25. The highest BCUT2D eigenvalue weighted by atomic mass is 16.3. The molecule has 6 nitrogen and oxygen atoms in total. The van der Waals surface area contributed by atoms with Crippen molar-refractivity contribution in [2.45, 2.75) is 6.54 Å². The molecule has 3 rings (SSSR count). The van der Waals surface area contributed by atoms with Crippen LogP contribution >= 0.6 is 0 Å². The molecule has 0 radical (unpaired) electrons. The van der Waals surface area contributed by atoms with Crippen molar-refractivity contribution in [3.05, 3.63) is 41.3 Å². The van der Waals surface area contributed by atoms with Gasteiger partial charge in [-0.2, -0.15) is 5.26 Å². The molecule has 2 heterocycles. The van der Waals surface area contributed by atoms with Crippen LogP contribution in [0.25, 0.3) is 11.3 Å². The van der Waals surface area contributed by atoms with Gasteiger partial charge in [-0.3, -0.25) is 4.79 Å². The van der Waals surface area contributed by atoms with Crippen molar-refractivity contribution in [2.24, 2.45) is 0 Å². The van der Waals surface area contributed by atoms with Crippen molar-refractivity contribution in [2.75, 3.05) is 7.05 Å². The molecule has 1 amide bonds. The van der Waals surface area contributed by atoms with E-state index >= 15 is 0 Å². The lowest BCUT2D eigenvalue weighted by molar-refractivity contribution is 0.0816. The maximum absolute atomic E-state index is 11.8. The Labute approximate surface area is 114 Å². The van der Waals surface area contributed by atoms with E-state index in [0.29, 0.717) is 23.4 Å². The Morgan fingerprint density at radius 3 is 2.95 bits per heavy atom. The lowest BCUT2D eigenvalue weighted by Gasteiger charge is -2.06. The number of aromatic nitrogens is 2. The summed E-state index contributed by atoms with van der Waals surface area (Å²) in [4.78, 5) is 21.1. The van der Waals surface area contributed by atoms with Crippen LogP contribution in [0.4, 0.5) is 0 Å². The molecule has 0 bridgehead atoms. The van der Waals surface area contributed by atoms with Crippen LogP contribution < -0.4 is 0 Å². The average Bonchev–Trinajstić information content (AvgIpc) is 2.74. The van der Waals surface area contributed by atoms with Crippen LogP contribution in [0.3, 0.4) is 0 Å². The molecule has 1 N–H and O–H groups in total. The van der Waals surface area contributed by atoms with Gasteiger partial charge in [-0.15, -0.1) is 0 Å². The number of benzene rings is 1. The molecule has 98 valence electrons. The number of rotatable bonds is 1. The molecular formula is C14H10N4O2. The standard InChI is InChI=1S/C14H10N4O2/c1-18-6-9-4-8(2-3-10(9)14(18)20)12-13(19)11(5-15)16-7-17-12/h2-4,7,19H,6H2,1H3. The van der Waals surface area contributed by atoms with Crippen molar-refractivity contribution in [3.63, 3.8) is 0 Å². The zero-order valence-corrected chi connectivity index (χ0v) is 10.7. The number of nitriles is 1. The highest BCUT2D eigenvalue weighted by molar-refractivity contribution is 5.98. The summed E-state index contributed by atoms with van der Waals surface area (Å²) in [7, 11) is 1.73. The average molecular weight is 266 g/mol. The Kier molecular flexibility index (Phi) is 2.61. The SMILES string of the molecule is CN1Cc2cc(-c3ncnc(C#N)c3O)ccc2C1=O. The summed E-state index contributed by atoms with van der Waals surface area (Å²) >= 11 is 0. The quantitative estimate of drug-likeness (QED) is 0.840. The van der Waals surface area contributed by atoms with Gasteiger partial charge in [0.25, 0.3) is 5.91 Å². The number of nitrogens with zero attached hydrogens (tertiary/aromatic N) is 4. The van der Waals surface area contributed by atoms with Gasteiger partial charge >= 0.3 is 0 Å². The maximum atomic E-state index is 11.8. The lowest BCUT2D eigenvalue weighted by Crippen LogP contribution is -2.17. The van der Waals surface area contributed by atoms with Gasteiger partial charge in [-0.25, -0.2) is 9.97 Å². The Balaban J connectivity index is 2.12. The Bertz CT molecular complexity index is 764. The predicted octanol–water partition coefficient (Wildman–Crippen LogP) is 1.31. The molecule has 0 saturated carbocycles. The number of carbonyl (C=O) groups is 1. The van der Waals surface area contributed by atoms with Crippen molar-refractivity contribution < 1.29 is 9.90 Å². The van der Waals surface area contributed by atoms with Crippen molar-refractivity contribution in [1.29, 1.82) is 5.26 Å². The van der Waals surface area contributed by atoms with Gasteiger partial charge in [0, 0.05) is 24.7 Å². The third kappa shape index (κ3) is 1.68. The summed E-state index contributed by atoms with van der Waals surface area (Å²) in [6.45, 7) is 0.527. The molecule has 20 heavy (non-hydrogen) atoms. The number of amides is 1. The van der Waals surface area contributed by atoms with Crippen LogP contribution in [0.1, 0.15) is 21.6 Å². The lowest BCUT2D eigenvalue weighted by atomic mass is 10.0. The Hall–Kier alpha value is -2.94. The summed E-state index contributed by atoms with van der Waals surface area (Å²) in [6, 6.07) is 7.03. The number of hydrogen-bond donors (Lipinski definition) is 1. The van der Waals surface area contributed by atoms with E-state index in [2.05, 4.69) is 9.97 Å². The third-order valence-corrected chi connectivity index (χ3v) is 3.29. The number of hydrogen-bond acceptors (Lipinski definition) is 5. The van der Waals surface area contributed by atoms with Crippen LogP contribution in [0.5, 0.6) is 5.75 Å². The summed E-state index contributed by atoms with van der Waals surface area (Å²) < 4.78 is 0. The molecule has 1 aliphatic heterocycles. The summed E-state index contributed by atoms with van der Waals surface area (Å²) in [6.07, 6.45) is 1.23. The monoisotopic (exact) mass is 266 g/mol. The number of fused-ring (bicyclic) bond motifs is 1. The number of carbonyl (C=O) groups excluding carboxylic acids is 1. The van der Waals surface area contributed by atoms with Gasteiger partial charge in [0.05, 0.1) is 0 Å². The second-order valence-electron chi connectivity index (χ2n) is 4.56. The Morgan fingerprint density at radius 1 is 1.40 bits per heavy atom. The zero-order valence-electron chi connectivity index (χ0n) is 10.7. The van der Waals surface area contributed by atoms with Gasteiger partial charge in [-0.1, -0.05) is 6.07 Å². The minimum absolute atomic E-state index is 0.0174. The molecule has 0 atom stereocenters. The van der Waals surface area contributed by atoms with Gasteiger partial charge in [0.15, 0.2) is 11.4 Å². The van der Waals surface area contributed by atoms with Crippen LogP contribution in [-0.4, -0.2) is 32.9 Å². The van der Waals surface area contributed by atoms with E-state index in [1.54, 1.807) is 30.1 Å². The summed E-state index contributed by atoms with van der Waals surface area (Å²) in [5.41, 5.74) is 2.42. The molecule has 0 aliphatic carbocycles. The predicted molar refractivity (Wildman–Crippen MR) is 69.6 cm³/mol. The van der Waals surface area contributed by atoms with Crippen molar-refractivity contribution >= 4 is 5.91 Å². The van der Waals surface area contributed by atoms with Crippen LogP contribution in [0.15, 0.2) is 24.5 Å². The first-order valence-corrected chi connectivity index (χ1v) is 5.94. The van der Waals surface area contributed by atoms with E-state index in [9.17, 15) is 9.90 Å². The first-order chi connectivity index (χ1) is 9.61. The number of aromatic hydroxyl groups is 1. The molecule has 1 aromatic carbocycles. The molecule has 1 aromatic heterocycles. The van der Waals surface area contributed by atoms with Crippen molar-refractivity contribution in [3.8, 4) is 23.1 Å². The van der Waals surface area contributed by atoms with Crippen LogP contribution in [-0.2, 0) is 6.54 Å². The van der Waals surface area contributed by atoms with Gasteiger partial charge in [0.2, 0.25) is 0 Å². The first-order valence-electron chi connectivity index (χ1n) is 5.94. The fourth-order valence-corrected chi connectivity index (χ4v) is 2.29. The summed E-state index contributed by atoms with van der Waals surface area (Å²) in [5.74, 6) is -0.260.